The molecule has 8 heavy (non-hydrogen) atoms. The van der Waals surface area contributed by atoms with Gasteiger partial charge in [-0.25, -0.2) is 0 Å². The van der Waals surface area contributed by atoms with Crippen molar-refractivity contribution in [3.05, 3.63) is 0 Å². The van der Waals surface area contributed by atoms with Crippen LogP contribution in [0.25, 0.3) is 0 Å². The Morgan fingerprint density at radius 3 is 2.75 bits per heavy atom. The van der Waals surface area contributed by atoms with Gasteiger partial charge < -0.3 is 5.73 Å². The maximum Gasteiger partial charge on any atom is 0.0177 e. The molecular formula is C6H11NS. The van der Waals surface area contributed by atoms with Crippen molar-refractivity contribution < 1.29 is 0 Å². The normalized spacial score (nSPS) is 8.50. The number of nitrogens with two attached hydrogens (primary N) is 1. The van der Waals surface area contributed by atoms with Crippen molar-refractivity contribution in [2.24, 2.45) is 5.73 Å². The van der Waals surface area contributed by atoms with Crippen molar-refractivity contribution in [1.82, 2.24) is 0 Å². The zero-order valence-electron chi connectivity index (χ0n) is 4.89. The van der Waals surface area contributed by atoms with Gasteiger partial charge in [-0.1, -0.05) is 0 Å². The Balaban J connectivity index is 2.65. The highest BCUT2D eigenvalue weighted by Crippen LogP contribution is 1.98. The van der Waals surface area contributed by atoms with Gasteiger partial charge in [-0.2, -0.15) is 11.8 Å². The molecule has 0 bridgehead atoms. The van der Waals surface area contributed by atoms with Crippen LogP contribution < -0.4 is 5.73 Å². The molecule has 0 unspecified atom stereocenters. The van der Waals surface area contributed by atoms with Gasteiger partial charge in [-0.3, -0.25) is 0 Å². The summed E-state index contributed by atoms with van der Waals surface area (Å²) in [4.78, 5) is 0. The SMILES string of the molecule is C#CCCSCCN. The van der Waals surface area contributed by atoms with Gasteiger partial charge in [0.1, 0.15) is 0 Å². The molecule has 0 saturated heterocycles. The van der Waals surface area contributed by atoms with Gasteiger partial charge in [0.05, 0.1) is 0 Å². The molecule has 0 fully saturated rings. The molecular weight excluding hydrogens is 118 g/mol. The van der Waals surface area contributed by atoms with Crippen LogP contribution in [0.5, 0.6) is 0 Å². The predicted molar refractivity (Wildman–Crippen MR) is 39.8 cm³/mol. The van der Waals surface area contributed by atoms with E-state index >= 15 is 0 Å². The van der Waals surface area contributed by atoms with Crippen molar-refractivity contribution in [1.29, 1.82) is 0 Å². The Bertz CT molecular complexity index is 75.1. The number of hydrogen-bond acceptors (Lipinski definition) is 2. The van der Waals surface area contributed by atoms with Gasteiger partial charge in [-0.15, -0.1) is 12.3 Å². The molecule has 0 saturated carbocycles. The van der Waals surface area contributed by atoms with Crippen molar-refractivity contribution in [2.75, 3.05) is 18.1 Å². The molecule has 0 rings (SSSR count). The maximum absolute atomic E-state index is 5.24. The minimum absolute atomic E-state index is 0.759. The Hall–Kier alpha value is -0.130. The lowest BCUT2D eigenvalue weighted by Gasteiger charge is -1.91. The summed E-state index contributed by atoms with van der Waals surface area (Å²) in [6.07, 6.45) is 5.88. The second-order valence-electron chi connectivity index (χ2n) is 1.36. The lowest BCUT2D eigenvalue weighted by molar-refractivity contribution is 1.14. The van der Waals surface area contributed by atoms with Gasteiger partial charge in [0.2, 0.25) is 0 Å². The summed E-state index contributed by atoms with van der Waals surface area (Å²) in [5, 5.41) is 0. The van der Waals surface area contributed by atoms with E-state index in [9.17, 15) is 0 Å². The van der Waals surface area contributed by atoms with Crippen molar-refractivity contribution in [3.63, 3.8) is 0 Å². The van der Waals surface area contributed by atoms with E-state index in [1.54, 1.807) is 0 Å². The highest BCUT2D eigenvalue weighted by Gasteiger charge is 1.81. The van der Waals surface area contributed by atoms with Crippen LogP contribution in [-0.2, 0) is 0 Å². The molecule has 1 nitrogen and oxygen atoms in total. The van der Waals surface area contributed by atoms with Gasteiger partial charge >= 0.3 is 0 Å². The van der Waals surface area contributed by atoms with E-state index in [0.717, 1.165) is 24.5 Å². The predicted octanol–water partition coefficient (Wildman–Crippen LogP) is 0.702. The van der Waals surface area contributed by atoms with Crippen LogP contribution >= 0.6 is 11.8 Å². The number of thioether (sulfide) groups is 1. The fourth-order valence-corrected chi connectivity index (χ4v) is 0.949. The third-order valence-electron chi connectivity index (χ3n) is 0.653. The summed E-state index contributed by atoms with van der Waals surface area (Å²) in [5.74, 6) is 4.64. The summed E-state index contributed by atoms with van der Waals surface area (Å²) in [6.45, 7) is 0.759. The Morgan fingerprint density at radius 2 is 2.25 bits per heavy atom. The number of hydrogen-bond donors (Lipinski definition) is 1. The Kier molecular flexibility index (Phi) is 6.76. The Morgan fingerprint density at radius 1 is 1.50 bits per heavy atom. The second kappa shape index (κ2) is 6.87. The molecule has 0 aliphatic rings. The van der Waals surface area contributed by atoms with Crippen molar-refractivity contribution in [3.8, 4) is 12.3 Å². The summed E-state index contributed by atoms with van der Waals surface area (Å²) < 4.78 is 0. The van der Waals surface area contributed by atoms with E-state index in [0.29, 0.717) is 0 Å². The zero-order valence-corrected chi connectivity index (χ0v) is 5.71. The topological polar surface area (TPSA) is 26.0 Å². The molecule has 0 spiro atoms. The first-order chi connectivity index (χ1) is 3.91. The van der Waals surface area contributed by atoms with Crippen LogP contribution in [0.1, 0.15) is 6.42 Å². The summed E-state index contributed by atoms with van der Waals surface area (Å²) in [5.41, 5.74) is 5.24. The molecule has 0 radical (unpaired) electrons. The first kappa shape index (κ1) is 7.87. The van der Waals surface area contributed by atoms with Crippen LogP contribution in [0.4, 0.5) is 0 Å². The molecule has 0 atom stereocenters. The fourth-order valence-electron chi connectivity index (χ4n) is 0.316. The third kappa shape index (κ3) is 5.87. The van der Waals surface area contributed by atoms with Crippen LogP contribution in [-0.4, -0.2) is 18.1 Å². The molecule has 0 aromatic carbocycles. The number of rotatable bonds is 4. The first-order valence-corrected chi connectivity index (χ1v) is 3.78. The van der Waals surface area contributed by atoms with Crippen LogP contribution in [0.3, 0.4) is 0 Å². The molecule has 46 valence electrons. The fraction of sp³-hybridized carbons (Fsp3) is 0.667. The average molecular weight is 129 g/mol. The minimum atomic E-state index is 0.759. The molecule has 0 aromatic heterocycles. The van der Waals surface area contributed by atoms with Gasteiger partial charge in [0, 0.05) is 24.5 Å². The van der Waals surface area contributed by atoms with E-state index < -0.39 is 0 Å². The lowest BCUT2D eigenvalue weighted by atomic mass is 10.5. The Labute approximate surface area is 55.0 Å². The quantitative estimate of drug-likeness (QED) is 0.446. The molecule has 2 heteroatoms. The standard InChI is InChI=1S/C6H11NS/c1-2-3-5-8-6-4-7/h1H,3-7H2. The van der Waals surface area contributed by atoms with E-state index in [1.165, 1.54) is 0 Å². The smallest absolute Gasteiger partial charge is 0.0177 e. The highest BCUT2D eigenvalue weighted by molar-refractivity contribution is 7.99. The molecule has 2 N–H and O–H groups in total. The van der Waals surface area contributed by atoms with E-state index in [2.05, 4.69) is 5.92 Å². The van der Waals surface area contributed by atoms with Crippen LogP contribution in [0.15, 0.2) is 0 Å². The molecule has 0 aliphatic carbocycles. The van der Waals surface area contributed by atoms with Gasteiger partial charge in [-0.05, 0) is 0 Å². The van der Waals surface area contributed by atoms with Crippen LogP contribution in [0, 0.1) is 12.3 Å². The minimum Gasteiger partial charge on any atom is -0.330 e. The molecule has 0 aromatic rings. The monoisotopic (exact) mass is 129 g/mol. The average Bonchev–Trinajstić information content (AvgIpc) is 1.81. The third-order valence-corrected chi connectivity index (χ3v) is 1.67. The summed E-state index contributed by atoms with van der Waals surface area (Å²) >= 11 is 1.81. The molecule has 0 heterocycles. The highest BCUT2D eigenvalue weighted by atomic mass is 32.2. The summed E-state index contributed by atoms with van der Waals surface area (Å²) in [7, 11) is 0. The second-order valence-corrected chi connectivity index (χ2v) is 2.58. The van der Waals surface area contributed by atoms with Crippen LogP contribution in [0.2, 0.25) is 0 Å². The van der Waals surface area contributed by atoms with E-state index in [-0.39, 0.29) is 0 Å². The first-order valence-electron chi connectivity index (χ1n) is 2.63. The van der Waals surface area contributed by atoms with E-state index in [1.807, 2.05) is 11.8 Å². The zero-order chi connectivity index (χ0) is 6.24. The van der Waals surface area contributed by atoms with Crippen molar-refractivity contribution >= 4 is 11.8 Å². The number of terminal acetylenes is 1. The summed E-state index contributed by atoms with van der Waals surface area (Å²) in [6, 6.07) is 0. The molecule has 0 aliphatic heterocycles. The van der Waals surface area contributed by atoms with Gasteiger partial charge in [0.15, 0.2) is 0 Å². The van der Waals surface area contributed by atoms with Gasteiger partial charge in [0.25, 0.3) is 0 Å². The van der Waals surface area contributed by atoms with E-state index in [4.69, 9.17) is 12.2 Å². The largest absolute Gasteiger partial charge is 0.330 e. The lowest BCUT2D eigenvalue weighted by Crippen LogP contribution is -2.01. The molecule has 0 amide bonds. The maximum atomic E-state index is 5.24. The van der Waals surface area contributed by atoms with Crippen molar-refractivity contribution in [2.45, 2.75) is 6.42 Å².